The van der Waals surface area contributed by atoms with Crippen LogP contribution in [-0.4, -0.2) is 4.98 Å². The summed E-state index contributed by atoms with van der Waals surface area (Å²) in [4.78, 5) is 4.94. The topological polar surface area (TPSA) is 12.9 Å². The van der Waals surface area contributed by atoms with Crippen molar-refractivity contribution in [3.8, 4) is 11.3 Å². The van der Waals surface area contributed by atoms with Gasteiger partial charge in [-0.05, 0) is 11.5 Å². The van der Waals surface area contributed by atoms with Crippen molar-refractivity contribution < 1.29 is 0 Å². The maximum Gasteiger partial charge on any atom is 0.0711 e. The minimum absolute atomic E-state index is 0.0321. The number of rotatable bonds is 1. The fraction of sp³-hybridized carbons (Fsp3) is 0.211. The molecule has 1 heteroatoms. The van der Waals surface area contributed by atoms with E-state index in [1.807, 2.05) is 6.07 Å². The first-order valence-corrected chi connectivity index (χ1v) is 7.01. The molecule has 0 saturated carbocycles. The summed E-state index contributed by atoms with van der Waals surface area (Å²) in [5.41, 5.74) is 3.41. The molecule has 20 heavy (non-hydrogen) atoms. The molecular formula is C19H19N. The Hall–Kier alpha value is -2.15. The third-order valence-corrected chi connectivity index (χ3v) is 3.52. The zero-order chi connectivity index (χ0) is 14.2. The zero-order valence-electron chi connectivity index (χ0n) is 12.2. The predicted octanol–water partition coefficient (Wildman–Crippen LogP) is 5.20. The summed E-state index contributed by atoms with van der Waals surface area (Å²) in [6, 6.07) is 21.1. The van der Waals surface area contributed by atoms with E-state index in [1.54, 1.807) is 0 Å². The molecule has 1 nitrogen and oxygen atoms in total. The number of nitrogens with zero attached hydrogens (tertiary/aromatic N) is 1. The molecule has 1 heterocycles. The predicted molar refractivity (Wildman–Crippen MR) is 85.9 cm³/mol. The molecule has 3 rings (SSSR count). The van der Waals surface area contributed by atoms with Crippen LogP contribution in [0.4, 0.5) is 0 Å². The van der Waals surface area contributed by atoms with Crippen molar-refractivity contribution in [3.05, 3.63) is 66.4 Å². The van der Waals surface area contributed by atoms with Gasteiger partial charge in [-0.25, -0.2) is 0 Å². The number of aromatic nitrogens is 1. The van der Waals surface area contributed by atoms with Crippen LogP contribution in [0.2, 0.25) is 0 Å². The first kappa shape index (κ1) is 12.9. The lowest BCUT2D eigenvalue weighted by Gasteiger charge is -2.21. The van der Waals surface area contributed by atoms with Gasteiger partial charge in [0.2, 0.25) is 0 Å². The minimum Gasteiger partial charge on any atom is -0.252 e. The Bertz CT molecular complexity index is 737. The van der Waals surface area contributed by atoms with Gasteiger partial charge in [-0.3, -0.25) is 4.98 Å². The van der Waals surface area contributed by atoms with Gasteiger partial charge in [0.1, 0.15) is 0 Å². The number of pyridine rings is 1. The average Bonchev–Trinajstić information content (AvgIpc) is 2.46. The molecule has 100 valence electrons. The molecule has 0 aliphatic carbocycles. The molecular weight excluding hydrogens is 242 g/mol. The van der Waals surface area contributed by atoms with Crippen LogP contribution in [0.1, 0.15) is 26.5 Å². The third-order valence-electron chi connectivity index (χ3n) is 3.52. The van der Waals surface area contributed by atoms with E-state index in [0.717, 1.165) is 11.4 Å². The summed E-state index contributed by atoms with van der Waals surface area (Å²) in [6.45, 7) is 6.66. The van der Waals surface area contributed by atoms with Crippen LogP contribution < -0.4 is 0 Å². The largest absolute Gasteiger partial charge is 0.252 e. The lowest BCUT2D eigenvalue weighted by atomic mass is 9.87. The van der Waals surface area contributed by atoms with Crippen molar-refractivity contribution in [1.29, 1.82) is 0 Å². The van der Waals surface area contributed by atoms with Gasteiger partial charge >= 0.3 is 0 Å². The lowest BCUT2D eigenvalue weighted by molar-refractivity contribution is 0.576. The van der Waals surface area contributed by atoms with Crippen molar-refractivity contribution >= 4 is 10.8 Å². The van der Waals surface area contributed by atoms with Crippen molar-refractivity contribution in [2.75, 3.05) is 0 Å². The maximum atomic E-state index is 4.94. The van der Waals surface area contributed by atoms with Crippen LogP contribution in [-0.2, 0) is 5.41 Å². The van der Waals surface area contributed by atoms with E-state index < -0.39 is 0 Å². The highest BCUT2D eigenvalue weighted by molar-refractivity contribution is 5.88. The number of hydrogen-bond donors (Lipinski definition) is 0. The van der Waals surface area contributed by atoms with Crippen molar-refractivity contribution in [1.82, 2.24) is 4.98 Å². The van der Waals surface area contributed by atoms with Crippen LogP contribution in [0.15, 0.2) is 60.7 Å². The number of benzene rings is 2. The second kappa shape index (κ2) is 4.75. The van der Waals surface area contributed by atoms with Crippen molar-refractivity contribution in [3.63, 3.8) is 0 Å². The average molecular weight is 261 g/mol. The highest BCUT2D eigenvalue weighted by Gasteiger charge is 2.19. The highest BCUT2D eigenvalue weighted by atomic mass is 14.7. The van der Waals surface area contributed by atoms with E-state index in [2.05, 4.69) is 75.4 Å². The third kappa shape index (κ3) is 2.32. The molecule has 0 atom stereocenters. The molecule has 0 saturated heterocycles. The lowest BCUT2D eigenvalue weighted by Crippen LogP contribution is -2.14. The van der Waals surface area contributed by atoms with Crippen LogP contribution in [0, 0.1) is 0 Å². The maximum absolute atomic E-state index is 4.94. The van der Waals surface area contributed by atoms with Gasteiger partial charge in [0.15, 0.2) is 0 Å². The van der Waals surface area contributed by atoms with Gasteiger partial charge in [0.05, 0.1) is 11.4 Å². The molecule has 0 radical (unpaired) electrons. The molecule has 0 bridgehead atoms. The highest BCUT2D eigenvalue weighted by Crippen LogP contribution is 2.31. The SMILES string of the molecule is CC(C)(C)c1nc(-c2ccccc2)cc2ccccc12. The van der Waals surface area contributed by atoms with Gasteiger partial charge in [-0.15, -0.1) is 0 Å². The van der Waals surface area contributed by atoms with E-state index in [1.165, 1.54) is 16.3 Å². The molecule has 0 N–H and O–H groups in total. The second-order valence-electron chi connectivity index (χ2n) is 6.19. The Morgan fingerprint density at radius 2 is 1.45 bits per heavy atom. The normalized spacial score (nSPS) is 11.8. The molecule has 2 aromatic carbocycles. The summed E-state index contributed by atoms with van der Waals surface area (Å²) in [5.74, 6) is 0. The van der Waals surface area contributed by atoms with Crippen LogP contribution in [0.3, 0.4) is 0 Å². The van der Waals surface area contributed by atoms with Crippen molar-refractivity contribution in [2.45, 2.75) is 26.2 Å². The summed E-state index contributed by atoms with van der Waals surface area (Å²) >= 11 is 0. The van der Waals surface area contributed by atoms with E-state index in [4.69, 9.17) is 4.98 Å². The van der Waals surface area contributed by atoms with E-state index in [0.29, 0.717) is 0 Å². The Balaban J connectivity index is 2.31. The molecule has 0 aliphatic heterocycles. The molecule has 0 amide bonds. The minimum atomic E-state index is 0.0321. The molecule has 0 spiro atoms. The van der Waals surface area contributed by atoms with E-state index >= 15 is 0 Å². The monoisotopic (exact) mass is 261 g/mol. The standard InChI is InChI=1S/C19H19N/c1-19(2,3)18-16-12-8-7-11-15(16)13-17(20-18)14-9-5-4-6-10-14/h4-13H,1-3H3. The fourth-order valence-electron chi connectivity index (χ4n) is 2.53. The quantitative estimate of drug-likeness (QED) is 0.586. The Kier molecular flexibility index (Phi) is 3.06. The van der Waals surface area contributed by atoms with Gasteiger partial charge in [0, 0.05) is 16.4 Å². The molecule has 3 aromatic rings. The van der Waals surface area contributed by atoms with Crippen LogP contribution >= 0.6 is 0 Å². The summed E-state index contributed by atoms with van der Waals surface area (Å²) in [5, 5.41) is 2.51. The van der Waals surface area contributed by atoms with E-state index in [9.17, 15) is 0 Å². The van der Waals surface area contributed by atoms with Crippen molar-refractivity contribution in [2.24, 2.45) is 0 Å². The number of hydrogen-bond acceptors (Lipinski definition) is 1. The van der Waals surface area contributed by atoms with Gasteiger partial charge in [-0.1, -0.05) is 75.4 Å². The van der Waals surface area contributed by atoms with E-state index in [-0.39, 0.29) is 5.41 Å². The first-order chi connectivity index (χ1) is 9.55. The molecule has 0 fully saturated rings. The van der Waals surface area contributed by atoms with Gasteiger partial charge < -0.3 is 0 Å². The van der Waals surface area contributed by atoms with Gasteiger partial charge in [-0.2, -0.15) is 0 Å². The summed E-state index contributed by atoms with van der Waals surface area (Å²) < 4.78 is 0. The van der Waals surface area contributed by atoms with Gasteiger partial charge in [0.25, 0.3) is 0 Å². The zero-order valence-corrected chi connectivity index (χ0v) is 12.2. The molecule has 1 aromatic heterocycles. The molecule has 0 aliphatic rings. The summed E-state index contributed by atoms with van der Waals surface area (Å²) in [7, 11) is 0. The first-order valence-electron chi connectivity index (χ1n) is 7.01. The molecule has 0 unspecified atom stereocenters. The fourth-order valence-corrected chi connectivity index (χ4v) is 2.53. The second-order valence-corrected chi connectivity index (χ2v) is 6.19. The Morgan fingerprint density at radius 1 is 0.800 bits per heavy atom. The Labute approximate surface area is 120 Å². The smallest absolute Gasteiger partial charge is 0.0711 e. The van der Waals surface area contributed by atoms with Crippen LogP contribution in [0.5, 0.6) is 0 Å². The number of fused-ring (bicyclic) bond motifs is 1. The Morgan fingerprint density at radius 3 is 2.15 bits per heavy atom. The van der Waals surface area contributed by atoms with Crippen LogP contribution in [0.25, 0.3) is 22.0 Å². The summed E-state index contributed by atoms with van der Waals surface area (Å²) in [6.07, 6.45) is 0.